The standard InChI is InChI=1S/C17H15Cl2NO2.C2H6/c18-14-8-13(9-15(19)16(14)17(21)22)20-7-6-12(10-20)11-4-2-1-3-5-11;1-2/h1-5,8-9,12H,6-7,10H2,(H,21,22);1-2H3. The summed E-state index contributed by atoms with van der Waals surface area (Å²) in [6.07, 6.45) is 1.06. The maximum Gasteiger partial charge on any atom is 0.338 e. The third kappa shape index (κ3) is 4.03. The molecular weight excluding hydrogens is 345 g/mol. The Kier molecular flexibility index (Phi) is 6.52. The van der Waals surface area contributed by atoms with Crippen molar-refractivity contribution in [2.75, 3.05) is 18.0 Å². The van der Waals surface area contributed by atoms with Crippen LogP contribution in [0.5, 0.6) is 0 Å². The van der Waals surface area contributed by atoms with E-state index in [1.54, 1.807) is 12.1 Å². The number of hydrogen-bond donors (Lipinski definition) is 1. The third-order valence-corrected chi connectivity index (χ3v) is 4.66. The molecule has 1 fully saturated rings. The van der Waals surface area contributed by atoms with Gasteiger partial charge in [-0.05, 0) is 24.1 Å². The first-order valence-electron chi connectivity index (χ1n) is 8.08. The number of hydrogen-bond acceptors (Lipinski definition) is 2. The predicted molar refractivity (Wildman–Crippen MR) is 101 cm³/mol. The van der Waals surface area contributed by atoms with E-state index < -0.39 is 5.97 Å². The molecule has 5 heteroatoms. The topological polar surface area (TPSA) is 40.5 Å². The first-order chi connectivity index (χ1) is 11.6. The summed E-state index contributed by atoms with van der Waals surface area (Å²) in [5.74, 6) is -0.636. The van der Waals surface area contributed by atoms with Gasteiger partial charge < -0.3 is 10.0 Å². The molecule has 2 aromatic rings. The van der Waals surface area contributed by atoms with Gasteiger partial charge in [0.1, 0.15) is 0 Å². The molecule has 3 rings (SSSR count). The van der Waals surface area contributed by atoms with Gasteiger partial charge in [0, 0.05) is 24.7 Å². The van der Waals surface area contributed by atoms with Crippen molar-refractivity contribution in [2.45, 2.75) is 26.2 Å². The Morgan fingerprint density at radius 1 is 1.12 bits per heavy atom. The Bertz CT molecular complexity index is 681. The average molecular weight is 366 g/mol. The maximum atomic E-state index is 11.1. The lowest BCUT2D eigenvalue weighted by Gasteiger charge is -2.20. The Morgan fingerprint density at radius 3 is 2.25 bits per heavy atom. The molecule has 1 unspecified atom stereocenters. The van der Waals surface area contributed by atoms with Crippen molar-refractivity contribution >= 4 is 34.9 Å². The number of carboxylic acid groups (broad SMARTS) is 1. The molecule has 1 saturated heterocycles. The number of carbonyl (C=O) groups is 1. The minimum Gasteiger partial charge on any atom is -0.478 e. The highest BCUT2D eigenvalue weighted by atomic mass is 35.5. The molecule has 1 heterocycles. The van der Waals surface area contributed by atoms with Crippen molar-refractivity contribution in [3.05, 3.63) is 63.6 Å². The number of carboxylic acids is 1. The van der Waals surface area contributed by atoms with Crippen molar-refractivity contribution in [2.24, 2.45) is 0 Å². The molecule has 0 saturated carbocycles. The number of aromatic carboxylic acids is 1. The first kappa shape index (κ1) is 18.6. The van der Waals surface area contributed by atoms with Gasteiger partial charge in [0.2, 0.25) is 0 Å². The van der Waals surface area contributed by atoms with Crippen LogP contribution in [0.4, 0.5) is 5.69 Å². The van der Waals surface area contributed by atoms with Crippen LogP contribution >= 0.6 is 23.2 Å². The van der Waals surface area contributed by atoms with Gasteiger partial charge in [-0.15, -0.1) is 0 Å². The summed E-state index contributed by atoms with van der Waals surface area (Å²) in [4.78, 5) is 13.3. The lowest BCUT2D eigenvalue weighted by atomic mass is 9.99. The number of benzene rings is 2. The Hall–Kier alpha value is -1.71. The smallest absolute Gasteiger partial charge is 0.338 e. The van der Waals surface area contributed by atoms with Crippen LogP contribution in [0.3, 0.4) is 0 Å². The molecule has 1 aliphatic rings. The highest BCUT2D eigenvalue weighted by molar-refractivity contribution is 6.39. The zero-order valence-electron chi connectivity index (χ0n) is 13.8. The van der Waals surface area contributed by atoms with Gasteiger partial charge >= 0.3 is 5.97 Å². The number of rotatable bonds is 3. The highest BCUT2D eigenvalue weighted by Crippen LogP contribution is 2.35. The van der Waals surface area contributed by atoms with Crippen LogP contribution in [0.1, 0.15) is 42.1 Å². The van der Waals surface area contributed by atoms with E-state index in [4.69, 9.17) is 28.3 Å². The summed E-state index contributed by atoms with van der Waals surface area (Å²) in [5, 5.41) is 9.47. The van der Waals surface area contributed by atoms with Crippen LogP contribution in [0.25, 0.3) is 0 Å². The van der Waals surface area contributed by atoms with Crippen LogP contribution in [0.2, 0.25) is 10.0 Å². The predicted octanol–water partition coefficient (Wildman–Crippen LogP) is 5.71. The van der Waals surface area contributed by atoms with E-state index in [1.165, 1.54) is 5.56 Å². The number of anilines is 1. The van der Waals surface area contributed by atoms with Gasteiger partial charge in [0.15, 0.2) is 0 Å². The van der Waals surface area contributed by atoms with Gasteiger partial charge in [-0.25, -0.2) is 4.79 Å². The normalized spacial score (nSPS) is 16.5. The second-order valence-corrected chi connectivity index (χ2v) is 6.25. The lowest BCUT2D eigenvalue weighted by Crippen LogP contribution is -2.19. The van der Waals surface area contributed by atoms with Gasteiger partial charge in [0.25, 0.3) is 0 Å². The summed E-state index contributed by atoms with van der Waals surface area (Å²) in [7, 11) is 0. The molecule has 0 radical (unpaired) electrons. The molecule has 0 aromatic heterocycles. The Balaban J connectivity index is 0.00000100. The SMILES string of the molecule is CC.O=C(O)c1c(Cl)cc(N2CCC(c3ccccc3)C2)cc1Cl. The maximum absolute atomic E-state index is 11.1. The zero-order chi connectivity index (χ0) is 17.7. The molecule has 1 N–H and O–H groups in total. The van der Waals surface area contributed by atoms with E-state index >= 15 is 0 Å². The summed E-state index contributed by atoms with van der Waals surface area (Å²) < 4.78 is 0. The van der Waals surface area contributed by atoms with E-state index in [1.807, 2.05) is 32.0 Å². The van der Waals surface area contributed by atoms with Crippen molar-refractivity contribution < 1.29 is 9.90 Å². The van der Waals surface area contributed by atoms with Gasteiger partial charge in [-0.3, -0.25) is 0 Å². The van der Waals surface area contributed by atoms with E-state index in [9.17, 15) is 4.79 Å². The molecular formula is C19H21Cl2NO2. The minimum atomic E-state index is -1.11. The van der Waals surface area contributed by atoms with E-state index in [0.29, 0.717) is 5.92 Å². The Morgan fingerprint density at radius 2 is 1.71 bits per heavy atom. The Labute approximate surface area is 152 Å². The molecule has 0 spiro atoms. The summed E-state index contributed by atoms with van der Waals surface area (Å²) in [6, 6.07) is 13.8. The quantitative estimate of drug-likeness (QED) is 0.756. The van der Waals surface area contributed by atoms with Crippen LogP contribution in [0, 0.1) is 0 Å². The van der Waals surface area contributed by atoms with E-state index in [-0.39, 0.29) is 15.6 Å². The molecule has 128 valence electrons. The monoisotopic (exact) mass is 365 g/mol. The number of nitrogens with zero attached hydrogens (tertiary/aromatic N) is 1. The second kappa shape index (κ2) is 8.41. The van der Waals surface area contributed by atoms with Crippen molar-refractivity contribution in [1.29, 1.82) is 0 Å². The molecule has 1 atom stereocenters. The summed E-state index contributed by atoms with van der Waals surface area (Å²) in [6.45, 7) is 5.78. The van der Waals surface area contributed by atoms with Crippen LogP contribution < -0.4 is 4.90 Å². The zero-order valence-corrected chi connectivity index (χ0v) is 15.3. The van der Waals surface area contributed by atoms with Crippen molar-refractivity contribution in [1.82, 2.24) is 0 Å². The fourth-order valence-corrected chi connectivity index (χ4v) is 3.58. The highest BCUT2D eigenvalue weighted by Gasteiger charge is 2.25. The van der Waals surface area contributed by atoms with Crippen LogP contribution in [-0.2, 0) is 0 Å². The lowest BCUT2D eigenvalue weighted by molar-refractivity contribution is 0.0697. The van der Waals surface area contributed by atoms with Gasteiger partial charge in [0.05, 0.1) is 15.6 Å². The van der Waals surface area contributed by atoms with E-state index in [2.05, 4.69) is 17.0 Å². The molecule has 24 heavy (non-hydrogen) atoms. The van der Waals surface area contributed by atoms with Crippen LogP contribution in [-0.4, -0.2) is 24.2 Å². The molecule has 3 nitrogen and oxygen atoms in total. The van der Waals surface area contributed by atoms with E-state index in [0.717, 1.165) is 25.2 Å². The van der Waals surface area contributed by atoms with Gasteiger partial charge in [-0.2, -0.15) is 0 Å². The molecule has 2 aromatic carbocycles. The van der Waals surface area contributed by atoms with Crippen LogP contribution in [0.15, 0.2) is 42.5 Å². The van der Waals surface area contributed by atoms with Crippen molar-refractivity contribution in [3.8, 4) is 0 Å². The second-order valence-electron chi connectivity index (χ2n) is 5.43. The minimum absolute atomic E-state index is 0.0362. The molecule has 0 aliphatic carbocycles. The van der Waals surface area contributed by atoms with Gasteiger partial charge in [-0.1, -0.05) is 67.4 Å². The third-order valence-electron chi connectivity index (χ3n) is 4.07. The molecule has 0 bridgehead atoms. The molecule has 1 aliphatic heterocycles. The largest absolute Gasteiger partial charge is 0.478 e. The fraction of sp³-hybridized carbons (Fsp3) is 0.316. The first-order valence-corrected chi connectivity index (χ1v) is 8.84. The van der Waals surface area contributed by atoms with Crippen molar-refractivity contribution in [3.63, 3.8) is 0 Å². The summed E-state index contributed by atoms with van der Waals surface area (Å²) in [5.41, 5.74) is 2.16. The molecule has 0 amide bonds. The summed E-state index contributed by atoms with van der Waals surface area (Å²) >= 11 is 12.1. The number of halogens is 2. The average Bonchev–Trinajstić information content (AvgIpc) is 3.06. The fourth-order valence-electron chi connectivity index (χ4n) is 2.94.